The number of hydrogen-bond donors (Lipinski definition) is 2. The van der Waals surface area contributed by atoms with Gasteiger partial charge in [-0.25, -0.2) is 4.79 Å². The van der Waals surface area contributed by atoms with E-state index in [0.717, 1.165) is 45.1 Å². The van der Waals surface area contributed by atoms with Gasteiger partial charge in [0, 0.05) is 19.8 Å². The lowest BCUT2D eigenvalue weighted by Crippen LogP contribution is -2.29. The molecule has 1 aliphatic heterocycles. The Labute approximate surface area is 108 Å². The fourth-order valence-corrected chi connectivity index (χ4v) is 2.13. The summed E-state index contributed by atoms with van der Waals surface area (Å²) >= 11 is 0. The minimum absolute atomic E-state index is 0.0542. The highest BCUT2D eigenvalue weighted by atomic mass is 16.5. The molecule has 1 aliphatic carbocycles. The van der Waals surface area contributed by atoms with Crippen LogP contribution in [0.4, 0.5) is 0 Å². The molecule has 2 aliphatic rings. The monoisotopic (exact) mass is 257 g/mol. The normalized spacial score (nSPS) is 27.6. The predicted molar refractivity (Wildman–Crippen MR) is 66.6 cm³/mol. The summed E-state index contributed by atoms with van der Waals surface area (Å²) in [6.45, 7) is 3.38. The molecule has 2 unspecified atom stereocenters. The average Bonchev–Trinajstić information content (AvgIpc) is 3.04. The number of aliphatic carboxylic acids is 1. The minimum Gasteiger partial charge on any atom is -0.479 e. The number of ether oxygens (including phenoxy) is 2. The van der Waals surface area contributed by atoms with Crippen molar-refractivity contribution in [1.29, 1.82) is 0 Å². The zero-order valence-corrected chi connectivity index (χ0v) is 10.8. The Morgan fingerprint density at radius 3 is 2.83 bits per heavy atom. The van der Waals surface area contributed by atoms with E-state index in [-0.39, 0.29) is 6.10 Å². The Hall–Kier alpha value is -0.650. The van der Waals surface area contributed by atoms with E-state index in [4.69, 9.17) is 14.6 Å². The van der Waals surface area contributed by atoms with Gasteiger partial charge in [-0.3, -0.25) is 0 Å². The van der Waals surface area contributed by atoms with Crippen molar-refractivity contribution < 1.29 is 19.4 Å². The molecule has 18 heavy (non-hydrogen) atoms. The van der Waals surface area contributed by atoms with Crippen LogP contribution >= 0.6 is 0 Å². The molecule has 2 rings (SSSR count). The maximum atomic E-state index is 10.7. The summed E-state index contributed by atoms with van der Waals surface area (Å²) in [4.78, 5) is 10.7. The van der Waals surface area contributed by atoms with E-state index >= 15 is 0 Å². The van der Waals surface area contributed by atoms with E-state index in [1.54, 1.807) is 0 Å². The predicted octanol–water partition coefficient (Wildman–Crippen LogP) is 1.02. The van der Waals surface area contributed by atoms with Gasteiger partial charge in [0.1, 0.15) is 0 Å². The van der Waals surface area contributed by atoms with Crippen LogP contribution in [0.15, 0.2) is 0 Å². The summed E-state index contributed by atoms with van der Waals surface area (Å²) in [6, 6.07) is 0. The lowest BCUT2D eigenvalue weighted by Gasteiger charge is -2.12. The van der Waals surface area contributed by atoms with Crippen LogP contribution in [-0.2, 0) is 14.3 Å². The molecule has 1 heterocycles. The maximum absolute atomic E-state index is 10.7. The van der Waals surface area contributed by atoms with Crippen LogP contribution in [0.5, 0.6) is 0 Å². The lowest BCUT2D eigenvalue weighted by molar-refractivity contribution is -0.149. The second-order valence-electron chi connectivity index (χ2n) is 5.24. The van der Waals surface area contributed by atoms with Crippen LogP contribution in [0.2, 0.25) is 0 Å². The highest BCUT2D eigenvalue weighted by Crippen LogP contribution is 2.28. The van der Waals surface area contributed by atoms with Gasteiger partial charge < -0.3 is 19.9 Å². The molecule has 2 atom stereocenters. The highest BCUT2D eigenvalue weighted by Gasteiger charge is 2.29. The van der Waals surface area contributed by atoms with Crippen molar-refractivity contribution in [2.24, 2.45) is 5.92 Å². The van der Waals surface area contributed by atoms with Gasteiger partial charge >= 0.3 is 5.97 Å². The first-order valence-corrected chi connectivity index (χ1v) is 6.92. The molecule has 0 aromatic carbocycles. The smallest absolute Gasteiger partial charge is 0.332 e. The van der Waals surface area contributed by atoms with Crippen molar-refractivity contribution in [3.8, 4) is 0 Å². The van der Waals surface area contributed by atoms with Gasteiger partial charge in [0.2, 0.25) is 0 Å². The average molecular weight is 257 g/mol. The molecule has 0 aromatic rings. The molecule has 2 fully saturated rings. The molecule has 1 saturated carbocycles. The second kappa shape index (κ2) is 7.07. The summed E-state index contributed by atoms with van der Waals surface area (Å²) in [5, 5.41) is 12.1. The number of carboxylic acid groups (broad SMARTS) is 1. The van der Waals surface area contributed by atoms with Crippen molar-refractivity contribution >= 4 is 5.97 Å². The quantitative estimate of drug-likeness (QED) is 0.604. The third kappa shape index (κ3) is 4.92. The molecule has 0 spiro atoms. The number of nitrogens with one attached hydrogen (secondary N) is 1. The largest absolute Gasteiger partial charge is 0.479 e. The lowest BCUT2D eigenvalue weighted by atomic mass is 10.2. The number of carbonyl (C=O) groups is 1. The number of rotatable bonds is 9. The molecule has 2 N–H and O–H groups in total. The Morgan fingerprint density at radius 1 is 1.33 bits per heavy atom. The zero-order valence-electron chi connectivity index (χ0n) is 10.8. The number of hydrogen-bond acceptors (Lipinski definition) is 4. The summed E-state index contributed by atoms with van der Waals surface area (Å²) in [6.07, 6.45) is 4.59. The molecule has 0 aromatic heterocycles. The van der Waals surface area contributed by atoms with Crippen LogP contribution in [0.1, 0.15) is 32.1 Å². The van der Waals surface area contributed by atoms with E-state index in [9.17, 15) is 4.79 Å². The van der Waals surface area contributed by atoms with Crippen molar-refractivity contribution in [3.63, 3.8) is 0 Å². The van der Waals surface area contributed by atoms with E-state index < -0.39 is 12.1 Å². The number of carboxylic acids is 1. The summed E-state index contributed by atoms with van der Waals surface area (Å²) < 4.78 is 10.9. The van der Waals surface area contributed by atoms with Crippen molar-refractivity contribution in [2.45, 2.75) is 44.3 Å². The van der Waals surface area contributed by atoms with Crippen LogP contribution in [-0.4, -0.2) is 49.6 Å². The van der Waals surface area contributed by atoms with Crippen LogP contribution in [0, 0.1) is 5.92 Å². The zero-order chi connectivity index (χ0) is 12.8. The van der Waals surface area contributed by atoms with Crippen molar-refractivity contribution in [1.82, 2.24) is 5.32 Å². The Balaban J connectivity index is 1.40. The SMILES string of the molecule is O=C(O)C1CCC(CNCCCOCC2CC2)O1. The summed E-state index contributed by atoms with van der Waals surface area (Å²) in [5.41, 5.74) is 0. The fourth-order valence-electron chi connectivity index (χ4n) is 2.13. The maximum Gasteiger partial charge on any atom is 0.332 e. The molecule has 1 saturated heterocycles. The summed E-state index contributed by atoms with van der Waals surface area (Å²) in [5.74, 6) is -0.0104. The Morgan fingerprint density at radius 2 is 2.17 bits per heavy atom. The first kappa shape index (κ1) is 13.8. The molecular weight excluding hydrogens is 234 g/mol. The molecule has 0 amide bonds. The first-order valence-electron chi connectivity index (χ1n) is 6.92. The van der Waals surface area contributed by atoms with Gasteiger partial charge in [-0.2, -0.15) is 0 Å². The van der Waals surface area contributed by atoms with Gasteiger partial charge in [-0.05, 0) is 44.6 Å². The van der Waals surface area contributed by atoms with Crippen LogP contribution in [0.3, 0.4) is 0 Å². The van der Waals surface area contributed by atoms with Gasteiger partial charge in [0.15, 0.2) is 6.10 Å². The standard InChI is InChI=1S/C13H23NO4/c15-13(16)12-5-4-11(18-12)8-14-6-1-7-17-9-10-2-3-10/h10-12,14H,1-9H2,(H,15,16). The molecule has 5 nitrogen and oxygen atoms in total. The van der Waals surface area contributed by atoms with Crippen LogP contribution < -0.4 is 5.32 Å². The molecule has 0 radical (unpaired) electrons. The molecule has 5 heteroatoms. The van der Waals surface area contributed by atoms with Gasteiger partial charge in [0.05, 0.1) is 6.10 Å². The Bertz CT molecular complexity index is 268. The third-order valence-electron chi connectivity index (χ3n) is 3.45. The Kier molecular flexibility index (Phi) is 5.41. The fraction of sp³-hybridized carbons (Fsp3) is 0.923. The third-order valence-corrected chi connectivity index (χ3v) is 3.45. The van der Waals surface area contributed by atoms with E-state index in [1.165, 1.54) is 12.8 Å². The van der Waals surface area contributed by atoms with Gasteiger partial charge in [-0.15, -0.1) is 0 Å². The van der Waals surface area contributed by atoms with Crippen LogP contribution in [0.25, 0.3) is 0 Å². The van der Waals surface area contributed by atoms with Gasteiger partial charge in [-0.1, -0.05) is 0 Å². The summed E-state index contributed by atoms with van der Waals surface area (Å²) in [7, 11) is 0. The van der Waals surface area contributed by atoms with Gasteiger partial charge in [0.25, 0.3) is 0 Å². The molecular formula is C13H23NO4. The minimum atomic E-state index is -0.842. The van der Waals surface area contributed by atoms with Crippen molar-refractivity contribution in [3.05, 3.63) is 0 Å². The van der Waals surface area contributed by atoms with E-state index in [1.807, 2.05) is 0 Å². The molecule has 104 valence electrons. The second-order valence-corrected chi connectivity index (χ2v) is 5.24. The van der Waals surface area contributed by atoms with E-state index in [2.05, 4.69) is 5.32 Å². The van der Waals surface area contributed by atoms with Crippen molar-refractivity contribution in [2.75, 3.05) is 26.3 Å². The molecule has 0 bridgehead atoms. The first-order chi connectivity index (χ1) is 8.75. The highest BCUT2D eigenvalue weighted by molar-refractivity contribution is 5.72. The topological polar surface area (TPSA) is 67.8 Å². The van der Waals surface area contributed by atoms with E-state index in [0.29, 0.717) is 6.42 Å².